The van der Waals surface area contributed by atoms with Crippen LogP contribution in [-0.4, -0.2) is 36.0 Å². The third-order valence-corrected chi connectivity index (χ3v) is 9.44. The van der Waals surface area contributed by atoms with E-state index in [-0.39, 0.29) is 22.9 Å². The second-order valence-corrected chi connectivity index (χ2v) is 10.7. The van der Waals surface area contributed by atoms with E-state index in [0.717, 1.165) is 32.1 Å². The molecule has 3 aliphatic carbocycles. The average Bonchev–Trinajstić information content (AvgIpc) is 3.16. The maximum Gasteiger partial charge on any atom is 0.174 e. The normalized spacial score (nSPS) is 58.3. The van der Waals surface area contributed by atoms with E-state index in [4.69, 9.17) is 14.2 Å². The minimum absolute atomic E-state index is 0.0107. The highest BCUT2D eigenvalue weighted by atomic mass is 16.7. The molecule has 3 saturated carbocycles. The van der Waals surface area contributed by atoms with Gasteiger partial charge in [0.15, 0.2) is 11.6 Å². The fourth-order valence-electron chi connectivity index (χ4n) is 7.96. The lowest BCUT2D eigenvalue weighted by Gasteiger charge is -2.64. The van der Waals surface area contributed by atoms with Crippen molar-refractivity contribution in [1.82, 2.24) is 0 Å². The van der Waals surface area contributed by atoms with Crippen LogP contribution in [0, 0.1) is 34.5 Å². The molecule has 26 heavy (non-hydrogen) atoms. The van der Waals surface area contributed by atoms with Crippen molar-refractivity contribution in [3.8, 4) is 0 Å². The van der Waals surface area contributed by atoms with Crippen molar-refractivity contribution < 1.29 is 19.3 Å². The monoisotopic (exact) mass is 364 g/mol. The first-order valence-corrected chi connectivity index (χ1v) is 10.9. The number of fused-ring (bicyclic) bond motifs is 6. The third kappa shape index (κ3) is 2.11. The van der Waals surface area contributed by atoms with Crippen LogP contribution < -0.4 is 0 Å². The Kier molecular flexibility index (Phi) is 3.76. The molecule has 0 bridgehead atoms. The molecule has 0 aromatic heterocycles. The quantitative estimate of drug-likeness (QED) is 0.703. The molecule has 5 aliphatic rings. The SMILES string of the molecule is C[C@H]1CC[C@@]2(C)C(C1)OC(C)(O)C1C2CC[C@@]2(C)C1CCC21OCCO1. The summed E-state index contributed by atoms with van der Waals surface area (Å²) in [6.45, 7) is 10.5. The van der Waals surface area contributed by atoms with Crippen LogP contribution in [0.1, 0.15) is 72.6 Å². The third-order valence-electron chi connectivity index (χ3n) is 9.44. The van der Waals surface area contributed by atoms with Crippen molar-refractivity contribution in [2.45, 2.75) is 90.3 Å². The maximum absolute atomic E-state index is 11.5. The van der Waals surface area contributed by atoms with Gasteiger partial charge in [0.25, 0.3) is 0 Å². The summed E-state index contributed by atoms with van der Waals surface area (Å²) < 4.78 is 18.9. The van der Waals surface area contributed by atoms with Crippen molar-refractivity contribution in [2.24, 2.45) is 34.5 Å². The Balaban J connectivity index is 1.53. The smallest absolute Gasteiger partial charge is 0.174 e. The first kappa shape index (κ1) is 17.9. The van der Waals surface area contributed by atoms with E-state index in [0.29, 0.717) is 31.0 Å². The van der Waals surface area contributed by atoms with Crippen LogP contribution in [0.15, 0.2) is 0 Å². The second-order valence-electron chi connectivity index (χ2n) is 10.7. The molecule has 0 amide bonds. The van der Waals surface area contributed by atoms with Crippen LogP contribution in [0.5, 0.6) is 0 Å². The van der Waals surface area contributed by atoms with Gasteiger partial charge in [-0.1, -0.05) is 20.8 Å². The minimum atomic E-state index is -1.04. The van der Waals surface area contributed by atoms with Crippen LogP contribution in [0.2, 0.25) is 0 Å². The first-order valence-electron chi connectivity index (χ1n) is 10.9. The van der Waals surface area contributed by atoms with E-state index >= 15 is 0 Å². The zero-order valence-electron chi connectivity index (χ0n) is 16.9. The molecule has 0 radical (unpaired) electrons. The molecule has 148 valence electrons. The molecule has 2 saturated heterocycles. The van der Waals surface area contributed by atoms with Crippen LogP contribution >= 0.6 is 0 Å². The van der Waals surface area contributed by atoms with Gasteiger partial charge in [-0.05, 0) is 68.6 Å². The summed E-state index contributed by atoms with van der Waals surface area (Å²) >= 11 is 0. The number of hydrogen-bond acceptors (Lipinski definition) is 4. The number of rotatable bonds is 0. The number of aliphatic hydroxyl groups is 1. The highest BCUT2D eigenvalue weighted by Gasteiger charge is 2.71. The van der Waals surface area contributed by atoms with Crippen molar-refractivity contribution in [3.05, 3.63) is 0 Å². The van der Waals surface area contributed by atoms with Crippen molar-refractivity contribution in [3.63, 3.8) is 0 Å². The van der Waals surface area contributed by atoms with E-state index < -0.39 is 11.6 Å². The van der Waals surface area contributed by atoms with Gasteiger partial charge in [0.05, 0.1) is 19.3 Å². The zero-order chi connectivity index (χ0) is 18.4. The molecule has 8 atom stereocenters. The van der Waals surface area contributed by atoms with Crippen LogP contribution in [-0.2, 0) is 14.2 Å². The van der Waals surface area contributed by atoms with Crippen molar-refractivity contribution in [2.75, 3.05) is 13.2 Å². The lowest BCUT2D eigenvalue weighted by atomic mass is 9.47. The Morgan fingerprint density at radius 3 is 2.31 bits per heavy atom. The molecule has 5 rings (SSSR count). The molecular formula is C22H36O4. The fraction of sp³-hybridized carbons (Fsp3) is 1.00. The summed E-state index contributed by atoms with van der Waals surface area (Å²) in [6.07, 6.45) is 8.16. The molecule has 5 fully saturated rings. The van der Waals surface area contributed by atoms with Crippen molar-refractivity contribution in [1.29, 1.82) is 0 Å². The predicted molar refractivity (Wildman–Crippen MR) is 98.3 cm³/mol. The summed E-state index contributed by atoms with van der Waals surface area (Å²) in [6, 6.07) is 0. The molecule has 4 nitrogen and oxygen atoms in total. The lowest BCUT2D eigenvalue weighted by molar-refractivity contribution is -0.362. The van der Waals surface area contributed by atoms with Gasteiger partial charge >= 0.3 is 0 Å². The van der Waals surface area contributed by atoms with E-state index in [1.54, 1.807) is 0 Å². The van der Waals surface area contributed by atoms with Gasteiger partial charge in [-0.15, -0.1) is 0 Å². The minimum Gasteiger partial charge on any atom is -0.365 e. The Bertz CT molecular complexity index is 583. The van der Waals surface area contributed by atoms with Gasteiger partial charge in [-0.3, -0.25) is 0 Å². The van der Waals surface area contributed by atoms with Gasteiger partial charge in [0.2, 0.25) is 0 Å². The van der Waals surface area contributed by atoms with Gasteiger partial charge < -0.3 is 19.3 Å². The molecule has 0 aromatic rings. The fourth-order valence-corrected chi connectivity index (χ4v) is 7.96. The topological polar surface area (TPSA) is 47.9 Å². The molecule has 1 N–H and O–H groups in total. The zero-order valence-corrected chi connectivity index (χ0v) is 16.9. The highest BCUT2D eigenvalue weighted by molar-refractivity contribution is 5.15. The number of hydrogen-bond donors (Lipinski definition) is 1. The summed E-state index contributed by atoms with van der Waals surface area (Å²) in [5.74, 6) is 0.372. The molecule has 5 unspecified atom stereocenters. The molecule has 1 spiro atoms. The van der Waals surface area contributed by atoms with E-state index in [2.05, 4.69) is 20.8 Å². The summed E-state index contributed by atoms with van der Waals surface area (Å²) in [7, 11) is 0. The summed E-state index contributed by atoms with van der Waals surface area (Å²) in [5, 5.41) is 11.5. The largest absolute Gasteiger partial charge is 0.365 e. The summed E-state index contributed by atoms with van der Waals surface area (Å²) in [4.78, 5) is 0. The Labute approximate surface area is 158 Å². The summed E-state index contributed by atoms with van der Waals surface area (Å²) in [5.41, 5.74) is 0.192. The van der Waals surface area contributed by atoms with Gasteiger partial charge in [-0.25, -0.2) is 0 Å². The number of ether oxygens (including phenoxy) is 3. The lowest BCUT2D eigenvalue weighted by Crippen LogP contribution is -2.66. The van der Waals surface area contributed by atoms with E-state index in [9.17, 15) is 5.11 Å². The van der Waals surface area contributed by atoms with Crippen LogP contribution in [0.4, 0.5) is 0 Å². The second kappa shape index (κ2) is 5.46. The van der Waals surface area contributed by atoms with Crippen LogP contribution in [0.25, 0.3) is 0 Å². The van der Waals surface area contributed by atoms with Crippen LogP contribution in [0.3, 0.4) is 0 Å². The molecule has 0 aromatic carbocycles. The Morgan fingerprint density at radius 1 is 0.885 bits per heavy atom. The molecule has 4 heteroatoms. The van der Waals surface area contributed by atoms with Gasteiger partial charge in [-0.2, -0.15) is 0 Å². The standard InChI is InChI=1S/C22H36O4/c1-14-5-8-19(2)15-6-9-20(3)16(7-10-22(20)24-11-12-25-22)18(15)21(4,23)26-17(19)13-14/h14-18,23H,5-13H2,1-4H3/t14-,15?,16?,17?,18?,19+,20-,21?/m0/s1. The van der Waals surface area contributed by atoms with Gasteiger partial charge in [0, 0.05) is 17.8 Å². The maximum atomic E-state index is 11.5. The van der Waals surface area contributed by atoms with E-state index in [1.807, 2.05) is 6.92 Å². The Morgan fingerprint density at radius 2 is 1.58 bits per heavy atom. The Hall–Kier alpha value is -0.160. The molecule has 2 heterocycles. The van der Waals surface area contributed by atoms with Crippen molar-refractivity contribution >= 4 is 0 Å². The molecule has 2 aliphatic heterocycles. The predicted octanol–water partition coefficient (Wildman–Crippen LogP) is 4.11. The average molecular weight is 365 g/mol. The van der Waals surface area contributed by atoms with E-state index in [1.165, 1.54) is 12.8 Å². The van der Waals surface area contributed by atoms with Gasteiger partial charge in [0.1, 0.15) is 0 Å². The highest BCUT2D eigenvalue weighted by Crippen LogP contribution is 2.69. The molecular weight excluding hydrogens is 328 g/mol. The first-order chi connectivity index (χ1) is 12.2.